The van der Waals surface area contributed by atoms with E-state index >= 15 is 8.78 Å². The quantitative estimate of drug-likeness (QED) is 0.477. The van der Waals surface area contributed by atoms with Crippen molar-refractivity contribution in [3.05, 3.63) is 46.3 Å². The number of carbonyl (C=O) groups excluding carboxylic acids is 1. The molecule has 190 valence electrons. The molecule has 0 saturated carbocycles. The van der Waals surface area contributed by atoms with Gasteiger partial charge >= 0.3 is 0 Å². The van der Waals surface area contributed by atoms with Crippen molar-refractivity contribution in [2.24, 2.45) is 0 Å². The van der Waals surface area contributed by atoms with Crippen molar-refractivity contribution in [1.29, 1.82) is 5.41 Å². The minimum atomic E-state index is -1.75. The zero-order valence-corrected chi connectivity index (χ0v) is 21.3. The first-order chi connectivity index (χ1) is 16.4. The number of hydrogen-bond acceptors (Lipinski definition) is 6. The summed E-state index contributed by atoms with van der Waals surface area (Å²) in [6, 6.07) is 4.79. The maximum absolute atomic E-state index is 15.3. The third kappa shape index (κ3) is 5.04. The zero-order chi connectivity index (χ0) is 26.1. The molecule has 0 bridgehead atoms. The van der Waals surface area contributed by atoms with E-state index in [1.54, 1.807) is 45.0 Å². The Morgan fingerprint density at radius 3 is 2.34 bits per heavy atom. The van der Waals surface area contributed by atoms with E-state index < -0.39 is 11.5 Å². The van der Waals surface area contributed by atoms with E-state index in [9.17, 15) is 4.79 Å². The highest BCUT2D eigenvalue weighted by atomic mass is 19.1. The Kier molecular flexibility index (Phi) is 7.57. The smallest absolute Gasteiger partial charge is 0.197 e. The molecule has 9 heteroatoms. The van der Waals surface area contributed by atoms with Gasteiger partial charge in [-0.25, -0.2) is 8.78 Å². The van der Waals surface area contributed by atoms with Gasteiger partial charge < -0.3 is 24.0 Å². The number of halogens is 2. The summed E-state index contributed by atoms with van der Waals surface area (Å²) in [4.78, 5) is 16.5. The number of Topliss-reactive ketones (excluding diaryl/α,β-unsaturated/α-hetero) is 1. The van der Waals surface area contributed by atoms with Crippen molar-refractivity contribution >= 4 is 17.3 Å². The molecule has 0 atom stereocenters. The molecule has 0 unspecified atom stereocenters. The number of hydrogen-bond donors (Lipinski definition) is 1. The van der Waals surface area contributed by atoms with Gasteiger partial charge in [0.1, 0.15) is 17.3 Å². The van der Waals surface area contributed by atoms with Gasteiger partial charge in [-0.05, 0) is 51.5 Å². The second-order valence-corrected chi connectivity index (χ2v) is 8.99. The highest BCUT2D eigenvalue weighted by Gasteiger charge is 2.34. The Labute approximate surface area is 205 Å². The van der Waals surface area contributed by atoms with Crippen LogP contribution in [0.2, 0.25) is 0 Å². The van der Waals surface area contributed by atoms with Gasteiger partial charge in [-0.15, -0.1) is 0 Å². The van der Waals surface area contributed by atoms with Gasteiger partial charge in [-0.2, -0.15) is 0 Å². The van der Waals surface area contributed by atoms with Crippen molar-refractivity contribution < 1.29 is 27.8 Å². The van der Waals surface area contributed by atoms with E-state index in [1.165, 1.54) is 31.9 Å². The molecule has 0 aliphatic carbocycles. The molecule has 0 fully saturated rings. The molecular weight excluding hydrogens is 456 g/mol. The molecule has 2 aromatic carbocycles. The fraction of sp³-hybridized carbons (Fsp3) is 0.462. The number of nitrogens with one attached hydrogen (secondary N) is 1. The number of alkyl halides is 1. The fourth-order valence-corrected chi connectivity index (χ4v) is 4.19. The van der Waals surface area contributed by atoms with Crippen LogP contribution in [0.1, 0.15) is 54.7 Å². The number of fused-ring (bicyclic) bond motifs is 1. The molecule has 1 N–H and O–H groups in total. The summed E-state index contributed by atoms with van der Waals surface area (Å²) in [5, 5.41) is 8.55. The van der Waals surface area contributed by atoms with Gasteiger partial charge in [-0.1, -0.05) is 0 Å². The molecule has 1 aliphatic heterocycles. The average molecular weight is 490 g/mol. The number of methoxy groups -OCH3 is 1. The number of carbonyl (C=O) groups is 1. The van der Waals surface area contributed by atoms with Crippen LogP contribution < -0.4 is 19.1 Å². The predicted molar refractivity (Wildman–Crippen MR) is 132 cm³/mol. The standard InChI is InChI=1S/C26H33F2N3O4/c1-8-34-20-12-16-13-31(25(29)21(16)22(27)24(20)35-9-2)14-19(32)15-10-17(26(3,4)28)23(33-7)18(11-15)30(5)6/h10-12,29H,8-9,13-14H2,1-7H3. The molecule has 3 rings (SSSR count). The number of rotatable bonds is 10. The van der Waals surface area contributed by atoms with Crippen molar-refractivity contribution in [2.45, 2.75) is 39.9 Å². The predicted octanol–water partition coefficient (Wildman–Crippen LogP) is 4.93. The summed E-state index contributed by atoms with van der Waals surface area (Å²) in [6.45, 7) is 6.90. The molecule has 1 heterocycles. The summed E-state index contributed by atoms with van der Waals surface area (Å²) in [7, 11) is 5.02. The maximum Gasteiger partial charge on any atom is 0.197 e. The average Bonchev–Trinajstić information content (AvgIpc) is 3.09. The van der Waals surface area contributed by atoms with E-state index in [0.29, 0.717) is 23.6 Å². The van der Waals surface area contributed by atoms with Crippen LogP contribution in [-0.2, 0) is 12.2 Å². The van der Waals surface area contributed by atoms with Crippen LogP contribution in [0.4, 0.5) is 14.5 Å². The number of nitrogens with zero attached hydrogens (tertiary/aromatic N) is 2. The van der Waals surface area contributed by atoms with Crippen molar-refractivity contribution in [1.82, 2.24) is 4.90 Å². The molecule has 0 spiro atoms. The normalized spacial score (nSPS) is 13.1. The van der Waals surface area contributed by atoms with Crippen LogP contribution in [-0.4, -0.2) is 57.5 Å². The largest absolute Gasteiger partial charge is 0.494 e. The Morgan fingerprint density at radius 1 is 1.14 bits per heavy atom. The number of ether oxygens (including phenoxy) is 3. The molecule has 0 radical (unpaired) electrons. The number of amidine groups is 1. The monoisotopic (exact) mass is 489 g/mol. The molecular formula is C26H33F2N3O4. The summed E-state index contributed by atoms with van der Waals surface area (Å²) in [5.74, 6) is -0.516. The minimum absolute atomic E-state index is 0.0355. The molecule has 1 aliphatic rings. The van der Waals surface area contributed by atoms with Crippen LogP contribution in [0, 0.1) is 11.2 Å². The lowest BCUT2D eigenvalue weighted by molar-refractivity contribution is 0.0962. The summed E-state index contributed by atoms with van der Waals surface area (Å²) in [5.41, 5.74) is -0.0158. The lowest BCUT2D eigenvalue weighted by Gasteiger charge is -2.25. The Hall–Kier alpha value is -3.36. The topological polar surface area (TPSA) is 75.1 Å². The third-order valence-corrected chi connectivity index (χ3v) is 5.82. The Bertz CT molecular complexity index is 1140. The zero-order valence-electron chi connectivity index (χ0n) is 21.3. The summed E-state index contributed by atoms with van der Waals surface area (Å²) < 4.78 is 46.8. The van der Waals surface area contributed by atoms with Crippen LogP contribution in [0.15, 0.2) is 18.2 Å². The third-order valence-electron chi connectivity index (χ3n) is 5.82. The maximum atomic E-state index is 15.3. The van der Waals surface area contributed by atoms with Crippen LogP contribution >= 0.6 is 0 Å². The Balaban J connectivity index is 1.96. The SMILES string of the molecule is CCOc1cc2c(c(F)c1OCC)C(=N)N(CC(=O)c1cc(N(C)C)c(OC)c(C(C)(C)F)c1)C2. The van der Waals surface area contributed by atoms with Gasteiger partial charge in [0.05, 0.1) is 38.1 Å². The molecule has 0 saturated heterocycles. The summed E-state index contributed by atoms with van der Waals surface area (Å²) in [6.07, 6.45) is 0. The lowest BCUT2D eigenvalue weighted by Crippen LogP contribution is -2.31. The number of anilines is 1. The highest BCUT2D eigenvalue weighted by molar-refractivity contribution is 6.06. The van der Waals surface area contributed by atoms with Gasteiger partial charge in [-0.3, -0.25) is 10.2 Å². The van der Waals surface area contributed by atoms with Gasteiger partial charge in [0, 0.05) is 31.8 Å². The summed E-state index contributed by atoms with van der Waals surface area (Å²) >= 11 is 0. The van der Waals surface area contributed by atoms with Crippen LogP contribution in [0.5, 0.6) is 17.2 Å². The van der Waals surface area contributed by atoms with Crippen LogP contribution in [0.25, 0.3) is 0 Å². The number of ketones is 1. The highest BCUT2D eigenvalue weighted by Crippen LogP contribution is 2.41. The molecule has 7 nitrogen and oxygen atoms in total. The van der Waals surface area contributed by atoms with Gasteiger partial charge in [0.15, 0.2) is 23.1 Å². The first-order valence-electron chi connectivity index (χ1n) is 11.5. The van der Waals surface area contributed by atoms with Crippen molar-refractivity contribution in [2.75, 3.05) is 45.9 Å². The van der Waals surface area contributed by atoms with Crippen molar-refractivity contribution in [3.8, 4) is 17.2 Å². The minimum Gasteiger partial charge on any atom is -0.494 e. The van der Waals surface area contributed by atoms with Gasteiger partial charge in [0.25, 0.3) is 0 Å². The van der Waals surface area contributed by atoms with E-state index in [-0.39, 0.29) is 59.5 Å². The van der Waals surface area contributed by atoms with E-state index in [1.807, 2.05) is 0 Å². The number of benzene rings is 2. The second-order valence-electron chi connectivity index (χ2n) is 8.99. The first kappa shape index (κ1) is 26.2. The molecule has 35 heavy (non-hydrogen) atoms. The van der Waals surface area contributed by atoms with Crippen LogP contribution in [0.3, 0.4) is 0 Å². The second kappa shape index (κ2) is 10.1. The molecule has 0 amide bonds. The van der Waals surface area contributed by atoms with Gasteiger partial charge in [0.2, 0.25) is 0 Å². The first-order valence-corrected chi connectivity index (χ1v) is 11.5. The fourth-order valence-electron chi connectivity index (χ4n) is 4.19. The van der Waals surface area contributed by atoms with E-state index in [2.05, 4.69) is 0 Å². The molecule has 0 aromatic heterocycles. The molecule has 2 aromatic rings. The Morgan fingerprint density at radius 2 is 1.80 bits per heavy atom. The van der Waals surface area contributed by atoms with E-state index in [4.69, 9.17) is 19.6 Å². The lowest BCUT2D eigenvalue weighted by atomic mass is 9.94. The van der Waals surface area contributed by atoms with Crippen molar-refractivity contribution in [3.63, 3.8) is 0 Å². The van der Waals surface area contributed by atoms with E-state index in [0.717, 1.165) is 0 Å².